The van der Waals surface area contributed by atoms with Gasteiger partial charge >= 0.3 is 5.97 Å². The van der Waals surface area contributed by atoms with Crippen molar-refractivity contribution in [2.75, 3.05) is 13.2 Å². The van der Waals surface area contributed by atoms with Crippen LogP contribution in [0.1, 0.15) is 316 Å². The van der Waals surface area contributed by atoms with E-state index in [1.807, 2.05) is 6.08 Å². The summed E-state index contributed by atoms with van der Waals surface area (Å²) in [7, 11) is 0. The molecule has 3 N–H and O–H groups in total. The second kappa shape index (κ2) is 56.7. The molecule has 0 saturated carbocycles. The van der Waals surface area contributed by atoms with E-state index in [1.165, 1.54) is 225 Å². The molecule has 0 aromatic carbocycles. The number of allylic oxidation sites excluding steroid dienone is 5. The Bertz CT molecular complexity index is 1090. The maximum Gasteiger partial charge on any atom is 0.305 e. The van der Waals surface area contributed by atoms with E-state index in [0.717, 1.165) is 64.2 Å². The Hall–Kier alpha value is -1.92. The molecular weight excluding hydrogens is 827 g/mol. The van der Waals surface area contributed by atoms with E-state index in [0.29, 0.717) is 19.4 Å². The number of carbonyl (C=O) groups excluding carboxylic acids is 2. The standard InChI is InChI=1S/C61H115NO5/c1-3-5-7-9-11-13-15-17-19-21-23-24-26-27-29-31-33-37-41-45-49-53-59(64)58(57-63)62-60(65)54-50-46-42-38-35-36-40-44-48-52-56-67-61(66)55-51-47-43-39-34-32-30-28-25-22-20-18-16-14-12-10-8-6-4-2/h12,14,18,20,49,53,58-59,63-64H,3-11,13,15-17,19,21-48,50-52,54-57H2,1-2H3,(H,62,65)/b14-12-,20-18-,53-49+. The number of carbonyl (C=O) groups is 2. The van der Waals surface area contributed by atoms with Crippen LogP contribution in [-0.2, 0) is 14.3 Å². The Morgan fingerprint density at radius 2 is 0.746 bits per heavy atom. The number of rotatable bonds is 55. The summed E-state index contributed by atoms with van der Waals surface area (Å²) < 4.78 is 5.47. The molecule has 6 heteroatoms. The van der Waals surface area contributed by atoms with Crippen LogP contribution in [0.4, 0.5) is 0 Å². The topological polar surface area (TPSA) is 95.9 Å². The first-order chi connectivity index (χ1) is 33.0. The highest BCUT2D eigenvalue weighted by atomic mass is 16.5. The van der Waals surface area contributed by atoms with Crippen LogP contribution < -0.4 is 5.32 Å². The summed E-state index contributed by atoms with van der Waals surface area (Å²) in [6.07, 6.45) is 70.2. The quantitative estimate of drug-likeness (QED) is 0.0321. The number of esters is 1. The number of ether oxygens (including phenoxy) is 1. The van der Waals surface area contributed by atoms with Crippen molar-refractivity contribution in [2.45, 2.75) is 328 Å². The molecule has 2 unspecified atom stereocenters. The van der Waals surface area contributed by atoms with Crippen molar-refractivity contribution >= 4 is 11.9 Å². The number of hydrogen-bond donors (Lipinski definition) is 3. The van der Waals surface area contributed by atoms with Crippen molar-refractivity contribution in [1.82, 2.24) is 5.32 Å². The molecule has 394 valence electrons. The molecule has 0 radical (unpaired) electrons. The smallest absolute Gasteiger partial charge is 0.305 e. The minimum absolute atomic E-state index is 0.0242. The van der Waals surface area contributed by atoms with Crippen LogP contribution in [0.15, 0.2) is 36.5 Å². The number of hydrogen-bond acceptors (Lipinski definition) is 5. The predicted molar refractivity (Wildman–Crippen MR) is 292 cm³/mol. The van der Waals surface area contributed by atoms with Crippen LogP contribution in [0, 0.1) is 0 Å². The first-order valence-electron chi connectivity index (χ1n) is 29.8. The summed E-state index contributed by atoms with van der Waals surface area (Å²) in [5.41, 5.74) is 0. The van der Waals surface area contributed by atoms with Gasteiger partial charge in [-0.2, -0.15) is 0 Å². The molecule has 0 saturated heterocycles. The third-order valence-electron chi connectivity index (χ3n) is 13.7. The maximum absolute atomic E-state index is 12.5. The van der Waals surface area contributed by atoms with Crippen LogP contribution in [0.25, 0.3) is 0 Å². The van der Waals surface area contributed by atoms with Gasteiger partial charge in [0.05, 0.1) is 25.4 Å². The highest BCUT2D eigenvalue weighted by Crippen LogP contribution is 2.17. The fourth-order valence-electron chi connectivity index (χ4n) is 9.08. The van der Waals surface area contributed by atoms with Gasteiger partial charge in [0.15, 0.2) is 0 Å². The molecule has 0 spiro atoms. The number of aliphatic hydroxyl groups is 2. The largest absolute Gasteiger partial charge is 0.466 e. The van der Waals surface area contributed by atoms with Gasteiger partial charge < -0.3 is 20.3 Å². The Labute approximate surface area is 417 Å². The average Bonchev–Trinajstić information content (AvgIpc) is 3.33. The van der Waals surface area contributed by atoms with Crippen molar-refractivity contribution in [3.63, 3.8) is 0 Å². The summed E-state index contributed by atoms with van der Waals surface area (Å²) >= 11 is 0. The van der Waals surface area contributed by atoms with Crippen LogP contribution in [0.5, 0.6) is 0 Å². The van der Waals surface area contributed by atoms with Gasteiger partial charge in [0.25, 0.3) is 0 Å². The first-order valence-corrected chi connectivity index (χ1v) is 29.8. The molecule has 0 rings (SSSR count). The van der Waals surface area contributed by atoms with E-state index in [4.69, 9.17) is 4.74 Å². The van der Waals surface area contributed by atoms with E-state index in [2.05, 4.69) is 43.5 Å². The molecule has 0 heterocycles. The van der Waals surface area contributed by atoms with Gasteiger partial charge in [0.2, 0.25) is 5.91 Å². The highest BCUT2D eigenvalue weighted by molar-refractivity contribution is 5.76. The fourth-order valence-corrected chi connectivity index (χ4v) is 9.08. The van der Waals surface area contributed by atoms with Crippen molar-refractivity contribution in [3.05, 3.63) is 36.5 Å². The average molecular weight is 943 g/mol. The molecule has 0 aliphatic rings. The van der Waals surface area contributed by atoms with Crippen LogP contribution in [0.2, 0.25) is 0 Å². The molecule has 0 aromatic rings. The van der Waals surface area contributed by atoms with Gasteiger partial charge in [-0.25, -0.2) is 0 Å². The first kappa shape index (κ1) is 65.1. The zero-order valence-corrected chi connectivity index (χ0v) is 44.9. The predicted octanol–water partition coefficient (Wildman–Crippen LogP) is 18.4. The zero-order chi connectivity index (χ0) is 48.6. The molecule has 0 bridgehead atoms. The van der Waals surface area contributed by atoms with Crippen molar-refractivity contribution in [1.29, 1.82) is 0 Å². The van der Waals surface area contributed by atoms with Crippen LogP contribution in [-0.4, -0.2) is 47.4 Å². The summed E-state index contributed by atoms with van der Waals surface area (Å²) in [4.78, 5) is 24.6. The summed E-state index contributed by atoms with van der Waals surface area (Å²) in [5, 5.41) is 23.2. The minimum Gasteiger partial charge on any atom is -0.466 e. The van der Waals surface area contributed by atoms with Gasteiger partial charge in [-0.15, -0.1) is 0 Å². The lowest BCUT2D eigenvalue weighted by atomic mass is 10.0. The summed E-state index contributed by atoms with van der Waals surface area (Å²) in [6, 6.07) is -0.646. The van der Waals surface area contributed by atoms with Gasteiger partial charge in [0.1, 0.15) is 0 Å². The highest BCUT2D eigenvalue weighted by Gasteiger charge is 2.18. The number of aliphatic hydroxyl groups excluding tert-OH is 2. The Balaban J connectivity index is 3.50. The molecule has 0 aliphatic heterocycles. The molecule has 6 nitrogen and oxygen atoms in total. The van der Waals surface area contributed by atoms with Crippen LogP contribution in [0.3, 0.4) is 0 Å². The number of unbranched alkanes of at least 4 members (excludes halogenated alkanes) is 40. The summed E-state index contributed by atoms with van der Waals surface area (Å²) in [5.74, 6) is -0.113. The Morgan fingerprint density at radius 1 is 0.418 bits per heavy atom. The molecule has 0 fully saturated rings. The number of amides is 1. The Morgan fingerprint density at radius 3 is 1.16 bits per heavy atom. The maximum atomic E-state index is 12.5. The lowest BCUT2D eigenvalue weighted by Gasteiger charge is -2.20. The summed E-state index contributed by atoms with van der Waals surface area (Å²) in [6.45, 7) is 4.84. The van der Waals surface area contributed by atoms with Gasteiger partial charge in [-0.1, -0.05) is 275 Å². The van der Waals surface area contributed by atoms with E-state index in [-0.39, 0.29) is 18.5 Å². The van der Waals surface area contributed by atoms with E-state index in [9.17, 15) is 19.8 Å². The van der Waals surface area contributed by atoms with Crippen molar-refractivity contribution < 1.29 is 24.5 Å². The van der Waals surface area contributed by atoms with Gasteiger partial charge in [-0.05, 0) is 64.2 Å². The SMILES string of the molecule is CCCCC/C=C\C/C=C\CCCCCCCCCCCC(=O)OCCCCCCCCCCCCC(=O)NC(CO)C(O)/C=C/CCCCCCCCCCCCCCCCCCCCC. The molecular formula is C61H115NO5. The zero-order valence-electron chi connectivity index (χ0n) is 44.9. The van der Waals surface area contributed by atoms with Crippen LogP contribution >= 0.6 is 0 Å². The lowest BCUT2D eigenvalue weighted by Crippen LogP contribution is -2.45. The normalized spacial score (nSPS) is 12.8. The second-order valence-corrected chi connectivity index (χ2v) is 20.3. The van der Waals surface area contributed by atoms with Crippen molar-refractivity contribution in [3.8, 4) is 0 Å². The third-order valence-corrected chi connectivity index (χ3v) is 13.7. The minimum atomic E-state index is -0.861. The van der Waals surface area contributed by atoms with Gasteiger partial charge in [0, 0.05) is 12.8 Å². The molecule has 0 aromatic heterocycles. The number of nitrogens with one attached hydrogen (secondary N) is 1. The molecule has 0 aliphatic carbocycles. The van der Waals surface area contributed by atoms with E-state index in [1.54, 1.807) is 6.08 Å². The second-order valence-electron chi connectivity index (χ2n) is 20.3. The third kappa shape index (κ3) is 53.3. The molecule has 67 heavy (non-hydrogen) atoms. The van der Waals surface area contributed by atoms with E-state index >= 15 is 0 Å². The van der Waals surface area contributed by atoms with Crippen molar-refractivity contribution in [2.24, 2.45) is 0 Å². The Kier molecular flexibility index (Phi) is 55.0. The lowest BCUT2D eigenvalue weighted by molar-refractivity contribution is -0.143. The van der Waals surface area contributed by atoms with Gasteiger partial charge in [-0.3, -0.25) is 9.59 Å². The fraction of sp³-hybridized carbons (Fsp3) is 0.869. The molecule has 1 amide bonds. The molecule has 2 atom stereocenters. The van der Waals surface area contributed by atoms with E-state index < -0.39 is 12.1 Å². The monoisotopic (exact) mass is 942 g/mol.